The Morgan fingerprint density at radius 2 is 1.95 bits per heavy atom. The van der Waals surface area contributed by atoms with Crippen LogP contribution in [0.1, 0.15) is 65.0 Å². The summed E-state index contributed by atoms with van der Waals surface area (Å²) in [5.41, 5.74) is -2.29. The van der Waals surface area contributed by atoms with E-state index in [0.29, 0.717) is 18.1 Å². The summed E-state index contributed by atoms with van der Waals surface area (Å²) in [5, 5.41) is 13.0. The number of hydrogen-bond acceptors (Lipinski definition) is 8. The molecular weight excluding hydrogens is 585 g/mol. The summed E-state index contributed by atoms with van der Waals surface area (Å²) >= 11 is 0. The van der Waals surface area contributed by atoms with Crippen LogP contribution in [0.5, 0.6) is 11.5 Å². The van der Waals surface area contributed by atoms with Crippen molar-refractivity contribution in [2.24, 2.45) is 11.3 Å². The highest BCUT2D eigenvalue weighted by atomic mass is 19.3. The van der Waals surface area contributed by atoms with Crippen molar-refractivity contribution in [3.05, 3.63) is 53.7 Å². The number of halogens is 3. The number of allylic oxidation sites excluding steroid dienone is 2. The van der Waals surface area contributed by atoms with Gasteiger partial charge in [-0.15, -0.1) is 0 Å². The number of aromatic nitrogens is 1. The van der Waals surface area contributed by atoms with Crippen LogP contribution in [0.15, 0.2) is 46.7 Å². The maximum Gasteiger partial charge on any atom is 0.408 e. The van der Waals surface area contributed by atoms with E-state index in [9.17, 15) is 27.9 Å². The number of hydrogen-bond donors (Lipinski definition) is 2. The lowest BCUT2D eigenvalue weighted by atomic mass is 9.74. The maximum atomic E-state index is 15.0. The number of rotatable bonds is 13. The quantitative estimate of drug-likeness (QED) is 0.249. The van der Waals surface area contributed by atoms with Crippen LogP contribution >= 0.6 is 0 Å². The van der Waals surface area contributed by atoms with E-state index in [1.165, 1.54) is 30.4 Å². The van der Waals surface area contributed by atoms with Crippen molar-refractivity contribution in [3.63, 3.8) is 0 Å². The second kappa shape index (κ2) is 13.3. The summed E-state index contributed by atoms with van der Waals surface area (Å²) < 4.78 is 68.6. The van der Waals surface area contributed by atoms with Crippen LogP contribution in [0.2, 0.25) is 0 Å². The van der Waals surface area contributed by atoms with E-state index in [2.05, 4.69) is 15.0 Å². The van der Waals surface area contributed by atoms with Gasteiger partial charge in [0, 0.05) is 18.6 Å². The molecule has 3 unspecified atom stereocenters. The monoisotopic (exact) mass is 622 g/mol. The zero-order chi connectivity index (χ0) is 32.2. The Morgan fingerprint density at radius 3 is 2.57 bits per heavy atom. The lowest BCUT2D eigenvalue weighted by Crippen LogP contribution is -2.46. The van der Waals surface area contributed by atoms with Crippen molar-refractivity contribution >= 4 is 12.1 Å². The topological polar surface area (TPSA) is 129 Å². The molecule has 1 heterocycles. The second-order valence-electron chi connectivity index (χ2n) is 11.8. The average molecular weight is 623 g/mol. The third-order valence-electron chi connectivity index (χ3n) is 6.99. The minimum atomic E-state index is -3.08. The molecule has 2 aliphatic carbocycles. The van der Waals surface area contributed by atoms with Gasteiger partial charge in [0.1, 0.15) is 28.7 Å². The number of nitrogens with zero attached hydrogens (tertiary/aromatic N) is 1. The fourth-order valence-electron chi connectivity index (χ4n) is 4.76. The molecule has 1 aromatic carbocycles. The first-order valence-electron chi connectivity index (χ1n) is 14.3. The van der Waals surface area contributed by atoms with Gasteiger partial charge in [0.25, 0.3) is 0 Å². The van der Waals surface area contributed by atoms with Gasteiger partial charge >= 0.3 is 18.7 Å². The molecule has 0 aliphatic heterocycles. The van der Waals surface area contributed by atoms with E-state index in [1.807, 2.05) is 0 Å². The molecule has 0 saturated heterocycles. The highest BCUT2D eigenvalue weighted by molar-refractivity contribution is 5.80. The summed E-state index contributed by atoms with van der Waals surface area (Å²) in [6.45, 7) is 5.57. The Kier molecular flexibility index (Phi) is 9.97. The minimum absolute atomic E-state index is 0.0167. The number of carbonyl (C=O) groups excluding carboxylic acids is 1. The lowest BCUT2D eigenvalue weighted by molar-refractivity contribution is -0.154. The van der Waals surface area contributed by atoms with Crippen molar-refractivity contribution in [1.29, 1.82) is 0 Å². The Labute approximate surface area is 253 Å². The molecule has 1 aromatic heterocycles. The fraction of sp³-hybridized carbons (Fsp3) is 0.516. The first-order valence-corrected chi connectivity index (χ1v) is 14.3. The van der Waals surface area contributed by atoms with Gasteiger partial charge in [0.2, 0.25) is 5.89 Å². The molecule has 13 heteroatoms. The number of alkyl carbamates (subject to hydrolysis) is 1. The molecule has 0 radical (unpaired) electrons. The molecule has 4 rings (SSSR count). The van der Waals surface area contributed by atoms with Crippen molar-refractivity contribution < 1.29 is 51.2 Å². The molecule has 44 heavy (non-hydrogen) atoms. The zero-order valence-corrected chi connectivity index (χ0v) is 25.2. The van der Waals surface area contributed by atoms with Gasteiger partial charge in [-0.3, -0.25) is 4.79 Å². The molecular formula is C31H37F3N2O8. The molecule has 1 amide bonds. The molecule has 3 atom stereocenters. The first-order chi connectivity index (χ1) is 20.7. The smallest absolute Gasteiger partial charge is 0.408 e. The number of aliphatic carboxylic acids is 1. The third-order valence-corrected chi connectivity index (χ3v) is 6.99. The van der Waals surface area contributed by atoms with E-state index in [4.69, 9.17) is 18.6 Å². The third kappa shape index (κ3) is 7.93. The molecule has 240 valence electrons. The van der Waals surface area contributed by atoms with Crippen molar-refractivity contribution in [2.75, 3.05) is 13.2 Å². The van der Waals surface area contributed by atoms with Crippen LogP contribution in [0, 0.1) is 11.3 Å². The molecule has 2 aliphatic rings. The van der Waals surface area contributed by atoms with Gasteiger partial charge < -0.3 is 33.8 Å². The number of carbonyl (C=O) groups is 2. The molecule has 0 spiro atoms. The lowest BCUT2D eigenvalue weighted by Gasteiger charge is -2.35. The number of nitrogens with one attached hydrogen (secondary N) is 1. The molecule has 0 bridgehead atoms. The van der Waals surface area contributed by atoms with E-state index in [-0.39, 0.29) is 41.9 Å². The Balaban J connectivity index is 1.77. The Bertz CT molecular complexity index is 1410. The number of alkyl halides is 2. The normalized spacial score (nSPS) is 20.7. The largest absolute Gasteiger partial charge is 0.489 e. The Hall–Kier alpha value is -4.00. The first kappa shape index (κ1) is 32.9. The highest BCUT2D eigenvalue weighted by Gasteiger charge is 2.50. The van der Waals surface area contributed by atoms with E-state index < -0.39 is 47.7 Å². The van der Waals surface area contributed by atoms with Gasteiger partial charge in [-0.2, -0.15) is 8.78 Å². The summed E-state index contributed by atoms with van der Waals surface area (Å²) in [7, 11) is 0. The van der Waals surface area contributed by atoms with Gasteiger partial charge in [-0.05, 0) is 77.7 Å². The number of carboxylic acids is 1. The number of oxazole rings is 1. The summed E-state index contributed by atoms with van der Waals surface area (Å²) in [6, 6.07) is 3.29. The van der Waals surface area contributed by atoms with E-state index >= 15 is 0 Å². The van der Waals surface area contributed by atoms with Crippen LogP contribution in [0.4, 0.5) is 18.0 Å². The molecule has 2 aromatic rings. The van der Waals surface area contributed by atoms with Crippen LogP contribution < -0.4 is 14.8 Å². The van der Waals surface area contributed by atoms with E-state index in [0.717, 1.165) is 18.9 Å². The van der Waals surface area contributed by atoms with Crippen molar-refractivity contribution in [2.45, 2.75) is 78.2 Å². The van der Waals surface area contributed by atoms with Gasteiger partial charge in [0.15, 0.2) is 11.5 Å². The minimum Gasteiger partial charge on any atom is -0.489 e. The van der Waals surface area contributed by atoms with E-state index in [1.54, 1.807) is 34.6 Å². The van der Waals surface area contributed by atoms with Gasteiger partial charge in [-0.25, -0.2) is 14.2 Å². The number of amides is 1. The van der Waals surface area contributed by atoms with Crippen molar-refractivity contribution in [3.8, 4) is 23.0 Å². The summed E-state index contributed by atoms with van der Waals surface area (Å²) in [5.74, 6) is -1.86. The standard InChI is InChI=1S/C31H37F3N2O8/c1-6-40-25-20(32)8-7-13-31(25,27(37)38)15-21-24(17(2)35-29(39)44-30(3,4)5)43-26(36-21)19-11-12-22(42-28(33)34)23(14-19)41-16-18-9-10-18/h7-8,11-14,17-18,25,28H,6,9-10,15-16H2,1-5H3,(H,35,39)(H,37,38). The SMILES string of the molecule is CCOC1C(F)=CC=CC1(Cc1nc(-c2ccc(OC(F)F)c(OCC3CC3)c2)oc1C(C)NC(=O)OC(C)(C)C)C(=O)O. The van der Waals surface area contributed by atoms with Crippen LogP contribution in [-0.2, 0) is 20.7 Å². The summed E-state index contributed by atoms with van der Waals surface area (Å²) in [4.78, 5) is 29.9. The number of ether oxygens (including phenoxy) is 4. The number of carboxylic acid groups (broad SMARTS) is 1. The highest BCUT2D eigenvalue weighted by Crippen LogP contribution is 2.42. The Morgan fingerprint density at radius 1 is 1.23 bits per heavy atom. The van der Waals surface area contributed by atoms with Gasteiger partial charge in [0.05, 0.1) is 18.3 Å². The van der Waals surface area contributed by atoms with Crippen LogP contribution in [0.25, 0.3) is 11.5 Å². The van der Waals surface area contributed by atoms with Gasteiger partial charge in [-0.1, -0.05) is 12.2 Å². The zero-order valence-electron chi connectivity index (χ0n) is 25.2. The fourth-order valence-corrected chi connectivity index (χ4v) is 4.76. The van der Waals surface area contributed by atoms with Crippen molar-refractivity contribution in [1.82, 2.24) is 10.3 Å². The molecule has 1 saturated carbocycles. The molecule has 1 fully saturated rings. The predicted octanol–water partition coefficient (Wildman–Crippen LogP) is 6.76. The molecule has 10 nitrogen and oxygen atoms in total. The predicted molar refractivity (Wildman–Crippen MR) is 152 cm³/mol. The maximum absolute atomic E-state index is 15.0. The summed E-state index contributed by atoms with van der Waals surface area (Å²) in [6.07, 6.45) is 3.12. The number of benzene rings is 1. The van der Waals surface area contributed by atoms with Crippen LogP contribution in [0.3, 0.4) is 0 Å². The van der Waals surface area contributed by atoms with Crippen LogP contribution in [-0.4, -0.2) is 53.7 Å². The molecule has 2 N–H and O–H groups in total. The average Bonchev–Trinajstić information content (AvgIpc) is 3.66. The second-order valence-corrected chi connectivity index (χ2v) is 11.8.